The third kappa shape index (κ3) is 2.77. The first-order valence-electron chi connectivity index (χ1n) is 4.51. The second kappa shape index (κ2) is 5.09. The van der Waals surface area contributed by atoms with Gasteiger partial charge in [0.15, 0.2) is 0 Å². The van der Waals surface area contributed by atoms with Gasteiger partial charge in [-0.15, -0.1) is 0 Å². The molecule has 5 heteroatoms. The smallest absolute Gasteiger partial charge is 0.339 e. The van der Waals surface area contributed by atoms with E-state index in [1.807, 2.05) is 6.92 Å². The van der Waals surface area contributed by atoms with Crippen molar-refractivity contribution in [3.05, 3.63) is 29.6 Å². The number of nitrogens with one attached hydrogen (secondary N) is 1. The SMILES string of the molecule is CCNC(=O)c1ccc(C(=O)OC)cn1. The normalized spacial score (nSPS) is 9.47. The van der Waals surface area contributed by atoms with Crippen molar-refractivity contribution in [1.29, 1.82) is 0 Å². The largest absolute Gasteiger partial charge is 0.465 e. The Morgan fingerprint density at radius 2 is 2.20 bits per heavy atom. The van der Waals surface area contributed by atoms with Gasteiger partial charge in [-0.3, -0.25) is 9.78 Å². The van der Waals surface area contributed by atoms with Crippen LogP contribution in [0.25, 0.3) is 0 Å². The second-order valence-electron chi connectivity index (χ2n) is 2.78. The highest BCUT2D eigenvalue weighted by Gasteiger charge is 2.08. The van der Waals surface area contributed by atoms with Gasteiger partial charge >= 0.3 is 5.97 Å². The van der Waals surface area contributed by atoms with Crippen molar-refractivity contribution in [2.45, 2.75) is 6.92 Å². The highest BCUT2D eigenvalue weighted by Crippen LogP contribution is 2.01. The molecule has 15 heavy (non-hydrogen) atoms. The minimum Gasteiger partial charge on any atom is -0.465 e. The second-order valence-corrected chi connectivity index (χ2v) is 2.78. The molecule has 1 rings (SSSR count). The van der Waals surface area contributed by atoms with Gasteiger partial charge in [-0.25, -0.2) is 4.79 Å². The van der Waals surface area contributed by atoms with E-state index in [-0.39, 0.29) is 11.6 Å². The van der Waals surface area contributed by atoms with Gasteiger partial charge in [0.2, 0.25) is 0 Å². The highest BCUT2D eigenvalue weighted by molar-refractivity contribution is 5.94. The Bertz CT molecular complexity index is 359. The molecule has 1 amide bonds. The van der Waals surface area contributed by atoms with E-state index in [1.54, 1.807) is 0 Å². The summed E-state index contributed by atoms with van der Waals surface area (Å²) in [5.41, 5.74) is 0.607. The monoisotopic (exact) mass is 208 g/mol. The van der Waals surface area contributed by atoms with Crippen LogP contribution in [-0.4, -0.2) is 30.5 Å². The molecular weight excluding hydrogens is 196 g/mol. The van der Waals surface area contributed by atoms with Crippen molar-refractivity contribution < 1.29 is 14.3 Å². The van der Waals surface area contributed by atoms with Gasteiger partial charge in [0.1, 0.15) is 5.69 Å². The maximum atomic E-state index is 11.3. The average Bonchev–Trinajstić information content (AvgIpc) is 2.28. The lowest BCUT2D eigenvalue weighted by molar-refractivity contribution is 0.0599. The van der Waals surface area contributed by atoms with Crippen LogP contribution in [0.1, 0.15) is 27.8 Å². The summed E-state index contributed by atoms with van der Waals surface area (Å²) in [5.74, 6) is -0.723. The Hall–Kier alpha value is -1.91. The summed E-state index contributed by atoms with van der Waals surface area (Å²) in [4.78, 5) is 26.2. The molecule has 0 aliphatic rings. The van der Waals surface area contributed by atoms with Gasteiger partial charge in [-0.05, 0) is 19.1 Å². The molecule has 1 aromatic heterocycles. The Morgan fingerprint density at radius 1 is 1.47 bits per heavy atom. The van der Waals surface area contributed by atoms with Crippen molar-refractivity contribution in [2.24, 2.45) is 0 Å². The molecule has 0 aliphatic heterocycles. The molecule has 1 aromatic rings. The molecule has 0 unspecified atom stereocenters. The van der Waals surface area contributed by atoms with Gasteiger partial charge in [-0.2, -0.15) is 0 Å². The van der Waals surface area contributed by atoms with Crippen LogP contribution in [0.5, 0.6) is 0 Å². The van der Waals surface area contributed by atoms with Crippen LogP contribution in [-0.2, 0) is 4.74 Å². The number of hydrogen-bond acceptors (Lipinski definition) is 4. The Kier molecular flexibility index (Phi) is 3.79. The first kappa shape index (κ1) is 11.2. The van der Waals surface area contributed by atoms with Gasteiger partial charge < -0.3 is 10.1 Å². The summed E-state index contributed by atoms with van der Waals surface area (Å²) in [6, 6.07) is 2.99. The topological polar surface area (TPSA) is 68.3 Å². The van der Waals surface area contributed by atoms with E-state index >= 15 is 0 Å². The van der Waals surface area contributed by atoms with E-state index in [9.17, 15) is 9.59 Å². The fraction of sp³-hybridized carbons (Fsp3) is 0.300. The summed E-state index contributed by atoms with van der Waals surface area (Å²) in [7, 11) is 1.29. The highest BCUT2D eigenvalue weighted by atomic mass is 16.5. The molecule has 0 fully saturated rings. The summed E-state index contributed by atoms with van der Waals surface area (Å²) in [6.45, 7) is 2.36. The molecule has 0 spiro atoms. The summed E-state index contributed by atoms with van der Waals surface area (Å²) in [6.07, 6.45) is 1.32. The number of ether oxygens (including phenoxy) is 1. The van der Waals surface area contributed by atoms with E-state index in [0.29, 0.717) is 12.1 Å². The number of rotatable bonds is 3. The lowest BCUT2D eigenvalue weighted by Crippen LogP contribution is -2.23. The molecular formula is C10H12N2O3. The third-order valence-corrected chi connectivity index (χ3v) is 1.75. The number of pyridine rings is 1. The zero-order valence-corrected chi connectivity index (χ0v) is 8.61. The average molecular weight is 208 g/mol. The Morgan fingerprint density at radius 3 is 2.67 bits per heavy atom. The first-order valence-corrected chi connectivity index (χ1v) is 4.51. The van der Waals surface area contributed by atoms with Crippen molar-refractivity contribution in [2.75, 3.05) is 13.7 Å². The van der Waals surface area contributed by atoms with Crippen molar-refractivity contribution in [3.63, 3.8) is 0 Å². The Balaban J connectivity index is 2.80. The van der Waals surface area contributed by atoms with Crippen LogP contribution in [0.4, 0.5) is 0 Å². The van der Waals surface area contributed by atoms with E-state index in [0.717, 1.165) is 0 Å². The Labute approximate surface area is 87.5 Å². The molecule has 0 aromatic carbocycles. The minimum atomic E-state index is -0.468. The molecule has 1 heterocycles. The van der Waals surface area contributed by atoms with Crippen molar-refractivity contribution in [3.8, 4) is 0 Å². The van der Waals surface area contributed by atoms with Crippen LogP contribution in [0.2, 0.25) is 0 Å². The number of hydrogen-bond donors (Lipinski definition) is 1. The van der Waals surface area contributed by atoms with Gasteiger partial charge in [0, 0.05) is 12.7 Å². The number of esters is 1. The molecule has 1 N–H and O–H groups in total. The number of carbonyl (C=O) groups is 2. The van der Waals surface area contributed by atoms with Crippen molar-refractivity contribution in [1.82, 2.24) is 10.3 Å². The fourth-order valence-electron chi connectivity index (χ4n) is 1.02. The van der Waals surface area contributed by atoms with E-state index in [1.165, 1.54) is 25.4 Å². The molecule has 0 bridgehead atoms. The standard InChI is InChI=1S/C10H12N2O3/c1-3-11-9(13)8-5-4-7(6-12-8)10(14)15-2/h4-6H,3H2,1-2H3,(H,11,13). The molecule has 0 saturated carbocycles. The predicted octanol–water partition coefficient (Wildman–Crippen LogP) is 0.618. The van der Waals surface area contributed by atoms with Gasteiger partial charge in [0.25, 0.3) is 5.91 Å². The molecule has 0 atom stereocenters. The van der Waals surface area contributed by atoms with Gasteiger partial charge in [0.05, 0.1) is 12.7 Å². The maximum absolute atomic E-state index is 11.3. The van der Waals surface area contributed by atoms with Crippen LogP contribution in [0.15, 0.2) is 18.3 Å². The summed E-state index contributed by atoms with van der Waals surface area (Å²) in [5, 5.41) is 2.61. The number of methoxy groups -OCH3 is 1. The number of nitrogens with zero attached hydrogens (tertiary/aromatic N) is 1. The molecule has 5 nitrogen and oxygen atoms in total. The molecule has 80 valence electrons. The zero-order valence-electron chi connectivity index (χ0n) is 8.61. The maximum Gasteiger partial charge on any atom is 0.339 e. The van der Waals surface area contributed by atoms with Crippen LogP contribution in [0.3, 0.4) is 0 Å². The van der Waals surface area contributed by atoms with Crippen LogP contribution < -0.4 is 5.32 Å². The lowest BCUT2D eigenvalue weighted by atomic mass is 10.2. The zero-order chi connectivity index (χ0) is 11.3. The molecule has 0 saturated heterocycles. The van der Waals surface area contributed by atoms with E-state index in [4.69, 9.17) is 0 Å². The number of carbonyl (C=O) groups excluding carboxylic acids is 2. The quantitative estimate of drug-likeness (QED) is 0.739. The number of aromatic nitrogens is 1. The van der Waals surface area contributed by atoms with Crippen LogP contribution in [0, 0.1) is 0 Å². The lowest BCUT2D eigenvalue weighted by Gasteiger charge is -2.02. The minimum absolute atomic E-state index is 0.256. The summed E-state index contributed by atoms with van der Waals surface area (Å²) >= 11 is 0. The van der Waals surface area contributed by atoms with Crippen LogP contribution >= 0.6 is 0 Å². The molecule has 0 radical (unpaired) electrons. The molecule has 0 aliphatic carbocycles. The number of amides is 1. The fourth-order valence-corrected chi connectivity index (χ4v) is 1.02. The van der Waals surface area contributed by atoms with Gasteiger partial charge in [-0.1, -0.05) is 0 Å². The summed E-state index contributed by atoms with van der Waals surface area (Å²) < 4.78 is 4.50. The third-order valence-electron chi connectivity index (χ3n) is 1.75. The predicted molar refractivity (Wildman–Crippen MR) is 53.6 cm³/mol. The van der Waals surface area contributed by atoms with E-state index < -0.39 is 5.97 Å². The first-order chi connectivity index (χ1) is 7.19. The van der Waals surface area contributed by atoms with Crippen molar-refractivity contribution >= 4 is 11.9 Å². The van der Waals surface area contributed by atoms with E-state index in [2.05, 4.69) is 15.0 Å².